The summed E-state index contributed by atoms with van der Waals surface area (Å²) in [5.74, 6) is 0.512. The number of esters is 1. The molecule has 1 saturated heterocycles. The molecule has 162 valence electrons. The third kappa shape index (κ3) is 3.97. The summed E-state index contributed by atoms with van der Waals surface area (Å²) in [5, 5.41) is 0. The zero-order chi connectivity index (χ0) is 21.9. The zero-order valence-corrected chi connectivity index (χ0v) is 17.8. The molecule has 1 aliphatic heterocycles. The van der Waals surface area contributed by atoms with Crippen LogP contribution in [0.5, 0.6) is 5.75 Å². The topological polar surface area (TPSA) is 61.5 Å². The molecule has 7 heteroatoms. The van der Waals surface area contributed by atoms with Crippen LogP contribution in [0.3, 0.4) is 0 Å². The monoisotopic (exact) mass is 428 g/mol. The molecule has 0 saturated carbocycles. The maximum absolute atomic E-state index is 12.4. The average molecular weight is 428 g/mol. The van der Waals surface area contributed by atoms with Crippen molar-refractivity contribution in [2.24, 2.45) is 0 Å². The lowest BCUT2D eigenvalue weighted by Crippen LogP contribution is -2.54. The predicted molar refractivity (Wildman–Crippen MR) is 122 cm³/mol. The highest BCUT2D eigenvalue weighted by atomic mass is 16.5. The molecular weight excluding hydrogens is 404 g/mol. The first-order valence-electron chi connectivity index (χ1n) is 10.5. The number of hydrogen-bond donors (Lipinski definition) is 0. The average Bonchev–Trinajstić information content (AvgIpc) is 3.50. The zero-order valence-electron chi connectivity index (χ0n) is 17.8. The molecule has 0 bridgehead atoms. The first-order valence-corrected chi connectivity index (χ1v) is 10.5. The summed E-state index contributed by atoms with van der Waals surface area (Å²) in [5.41, 5.74) is 3.55. The molecule has 0 atom stereocenters. The van der Waals surface area contributed by atoms with Gasteiger partial charge in [-0.25, -0.2) is 9.78 Å². The summed E-state index contributed by atoms with van der Waals surface area (Å²) in [4.78, 5) is 18.7. The Kier molecular flexibility index (Phi) is 5.37. The number of benzene rings is 2. The lowest BCUT2D eigenvalue weighted by Gasteiger charge is -2.41. The van der Waals surface area contributed by atoms with Gasteiger partial charge in [-0.2, -0.15) is 0 Å². The van der Waals surface area contributed by atoms with Crippen molar-refractivity contribution >= 4 is 11.7 Å². The van der Waals surface area contributed by atoms with Crippen LogP contribution >= 0.6 is 0 Å². The summed E-state index contributed by atoms with van der Waals surface area (Å²) in [6, 6.07) is 17.8. The number of aromatic nitrogens is 3. The van der Waals surface area contributed by atoms with Crippen LogP contribution in [0.1, 0.15) is 15.9 Å². The van der Waals surface area contributed by atoms with Crippen LogP contribution in [0.25, 0.3) is 5.69 Å². The second-order valence-corrected chi connectivity index (χ2v) is 7.78. The lowest BCUT2D eigenvalue weighted by molar-refractivity contribution is 0.0601. The van der Waals surface area contributed by atoms with Gasteiger partial charge in [-0.1, -0.05) is 18.2 Å². The van der Waals surface area contributed by atoms with Gasteiger partial charge in [0, 0.05) is 31.3 Å². The number of imidazole rings is 1. The van der Waals surface area contributed by atoms with E-state index in [0.29, 0.717) is 5.56 Å². The van der Waals surface area contributed by atoms with E-state index < -0.39 is 0 Å². The molecule has 4 aromatic rings. The Morgan fingerprint density at radius 1 is 1.03 bits per heavy atom. The second kappa shape index (κ2) is 8.63. The van der Waals surface area contributed by atoms with Gasteiger partial charge in [-0.05, 0) is 42.0 Å². The first-order chi connectivity index (χ1) is 15.7. The van der Waals surface area contributed by atoms with Gasteiger partial charge in [-0.15, -0.1) is 0 Å². The van der Waals surface area contributed by atoms with Crippen molar-refractivity contribution < 1.29 is 14.3 Å². The summed E-state index contributed by atoms with van der Waals surface area (Å²) < 4.78 is 15.2. The highest BCUT2D eigenvalue weighted by molar-refractivity contribution is 5.96. The number of rotatable bonds is 7. The van der Waals surface area contributed by atoms with Crippen molar-refractivity contribution in [2.45, 2.75) is 12.6 Å². The Balaban J connectivity index is 1.27. The Labute approximate surface area is 186 Å². The number of para-hydroxylation sites is 1. The van der Waals surface area contributed by atoms with Crippen LogP contribution in [0.4, 0.5) is 5.69 Å². The molecular formula is C25H24N4O3. The van der Waals surface area contributed by atoms with Crippen molar-refractivity contribution in [3.05, 3.63) is 96.8 Å². The minimum Gasteiger partial charge on any atom is -0.487 e. The molecule has 2 aromatic carbocycles. The van der Waals surface area contributed by atoms with Crippen molar-refractivity contribution in [2.75, 3.05) is 25.1 Å². The summed E-state index contributed by atoms with van der Waals surface area (Å²) >= 11 is 0. The predicted octanol–water partition coefficient (Wildman–Crippen LogP) is 3.78. The van der Waals surface area contributed by atoms with Gasteiger partial charge >= 0.3 is 5.97 Å². The molecule has 3 heterocycles. The van der Waals surface area contributed by atoms with E-state index in [0.717, 1.165) is 36.8 Å². The van der Waals surface area contributed by atoms with Crippen LogP contribution in [0.2, 0.25) is 0 Å². The number of carbonyl (C=O) groups is 1. The van der Waals surface area contributed by atoms with Gasteiger partial charge in [0.15, 0.2) is 0 Å². The third-order valence-electron chi connectivity index (χ3n) is 5.62. The molecule has 0 aliphatic carbocycles. The van der Waals surface area contributed by atoms with E-state index in [2.05, 4.69) is 22.0 Å². The van der Waals surface area contributed by atoms with Gasteiger partial charge in [0.05, 0.1) is 43.5 Å². The molecule has 0 spiro atoms. The van der Waals surface area contributed by atoms with Crippen molar-refractivity contribution in [1.29, 1.82) is 0 Å². The SMILES string of the molecule is COC(=O)c1cccc(N2CC(Oc3ccc(Cn4ccnc4)cc3)C2)c1-n1cccc1. The van der Waals surface area contributed by atoms with E-state index in [1.165, 1.54) is 12.7 Å². The number of anilines is 1. The Morgan fingerprint density at radius 2 is 1.81 bits per heavy atom. The quantitative estimate of drug-likeness (QED) is 0.419. The fourth-order valence-electron chi connectivity index (χ4n) is 3.98. The maximum atomic E-state index is 12.4. The van der Waals surface area contributed by atoms with Gasteiger partial charge < -0.3 is 23.5 Å². The molecule has 32 heavy (non-hydrogen) atoms. The van der Waals surface area contributed by atoms with Crippen molar-refractivity contribution in [3.8, 4) is 11.4 Å². The minimum absolute atomic E-state index is 0.0915. The van der Waals surface area contributed by atoms with E-state index in [4.69, 9.17) is 9.47 Å². The molecule has 0 radical (unpaired) electrons. The van der Waals surface area contributed by atoms with E-state index in [9.17, 15) is 4.79 Å². The molecule has 2 aromatic heterocycles. The summed E-state index contributed by atoms with van der Waals surface area (Å²) in [6.07, 6.45) is 9.50. The van der Waals surface area contributed by atoms with Crippen LogP contribution in [-0.2, 0) is 11.3 Å². The fraction of sp³-hybridized carbons (Fsp3) is 0.200. The van der Waals surface area contributed by atoms with Crippen LogP contribution in [0.15, 0.2) is 85.7 Å². The first kappa shape index (κ1) is 19.9. The highest BCUT2D eigenvalue weighted by Crippen LogP contribution is 2.33. The second-order valence-electron chi connectivity index (χ2n) is 7.78. The Morgan fingerprint density at radius 3 is 2.50 bits per heavy atom. The van der Waals surface area contributed by atoms with Crippen LogP contribution in [0, 0.1) is 0 Å². The standard InChI is InChI=1S/C25H24N4O3/c1-31-25(30)22-5-4-6-23(24(22)28-12-2-3-13-28)29-16-21(17-29)32-20-9-7-19(8-10-20)15-27-14-11-26-18-27/h2-14,18,21H,15-17H2,1H3. The third-order valence-corrected chi connectivity index (χ3v) is 5.62. The fourth-order valence-corrected chi connectivity index (χ4v) is 3.98. The van der Waals surface area contributed by atoms with Gasteiger partial charge in [-0.3, -0.25) is 0 Å². The smallest absolute Gasteiger partial charge is 0.340 e. The number of nitrogens with zero attached hydrogens (tertiary/aromatic N) is 4. The molecule has 0 unspecified atom stereocenters. The van der Waals surface area contributed by atoms with Gasteiger partial charge in [0.2, 0.25) is 0 Å². The van der Waals surface area contributed by atoms with E-state index in [-0.39, 0.29) is 12.1 Å². The van der Waals surface area contributed by atoms with Crippen molar-refractivity contribution in [1.82, 2.24) is 14.1 Å². The highest BCUT2D eigenvalue weighted by Gasteiger charge is 2.32. The van der Waals surface area contributed by atoms with E-state index in [1.807, 2.05) is 70.5 Å². The normalized spacial score (nSPS) is 13.6. The number of methoxy groups -OCH3 is 1. The Hall–Kier alpha value is -4.00. The largest absolute Gasteiger partial charge is 0.487 e. The molecule has 1 aliphatic rings. The minimum atomic E-state index is -0.348. The number of ether oxygens (including phenoxy) is 2. The number of hydrogen-bond acceptors (Lipinski definition) is 5. The molecule has 7 nitrogen and oxygen atoms in total. The Bertz CT molecular complexity index is 1180. The number of carbonyl (C=O) groups excluding carboxylic acids is 1. The maximum Gasteiger partial charge on any atom is 0.340 e. The van der Waals surface area contributed by atoms with Crippen molar-refractivity contribution in [3.63, 3.8) is 0 Å². The molecule has 0 amide bonds. The van der Waals surface area contributed by atoms with E-state index >= 15 is 0 Å². The summed E-state index contributed by atoms with van der Waals surface area (Å²) in [6.45, 7) is 2.28. The molecule has 5 rings (SSSR count). The van der Waals surface area contributed by atoms with Gasteiger partial charge in [0.1, 0.15) is 11.9 Å². The van der Waals surface area contributed by atoms with E-state index in [1.54, 1.807) is 12.3 Å². The summed E-state index contributed by atoms with van der Waals surface area (Å²) in [7, 11) is 1.41. The van der Waals surface area contributed by atoms with Crippen LogP contribution < -0.4 is 9.64 Å². The van der Waals surface area contributed by atoms with Crippen LogP contribution in [-0.4, -0.2) is 46.4 Å². The molecule has 0 N–H and O–H groups in total. The lowest BCUT2D eigenvalue weighted by atomic mass is 10.1. The van der Waals surface area contributed by atoms with Gasteiger partial charge in [0.25, 0.3) is 0 Å². The molecule has 1 fully saturated rings.